The first kappa shape index (κ1) is 28.0. The molecule has 0 spiro atoms. The van der Waals surface area contributed by atoms with Crippen LogP contribution in [0.15, 0.2) is 4.99 Å². The molecule has 10 heteroatoms. The molecule has 0 saturated heterocycles. The van der Waals surface area contributed by atoms with E-state index in [1.807, 2.05) is 0 Å². The van der Waals surface area contributed by atoms with Crippen LogP contribution in [0, 0.1) is 5.92 Å². The number of nitrogens with two attached hydrogens (primary N) is 2. The highest BCUT2D eigenvalue weighted by molar-refractivity contribution is 5.77. The van der Waals surface area contributed by atoms with Gasteiger partial charge in [-0.25, -0.2) is 0 Å². The molecule has 0 aliphatic heterocycles. The largest absolute Gasteiger partial charge is 0.379 e. The monoisotopic (exact) mass is 418 g/mol. The molecule has 0 aliphatic carbocycles. The summed E-state index contributed by atoms with van der Waals surface area (Å²) in [5.41, 5.74) is 11.3. The van der Waals surface area contributed by atoms with Crippen molar-refractivity contribution in [3.8, 4) is 0 Å². The number of guanidine groups is 1. The molecule has 10 nitrogen and oxygen atoms in total. The van der Waals surface area contributed by atoms with E-state index in [9.17, 15) is 10.2 Å². The van der Waals surface area contributed by atoms with E-state index in [1.165, 1.54) is 0 Å². The minimum Gasteiger partial charge on any atom is -0.379 e. The molecule has 29 heavy (non-hydrogen) atoms. The summed E-state index contributed by atoms with van der Waals surface area (Å²) in [6.45, 7) is 6.46. The quantitative estimate of drug-likeness (QED) is 0.0572. The van der Waals surface area contributed by atoms with Crippen molar-refractivity contribution in [3.63, 3.8) is 0 Å². The lowest BCUT2D eigenvalue weighted by Gasteiger charge is -2.29. The van der Waals surface area contributed by atoms with Gasteiger partial charge in [0.1, 0.15) is 18.7 Å². The van der Waals surface area contributed by atoms with Crippen LogP contribution in [0.25, 0.3) is 0 Å². The molecule has 0 aromatic heterocycles. The second-order valence-corrected chi connectivity index (χ2v) is 7.78. The van der Waals surface area contributed by atoms with Gasteiger partial charge in [0.2, 0.25) is 0 Å². The molecule has 4 unspecified atom stereocenters. The fourth-order valence-corrected chi connectivity index (χ4v) is 2.89. The molecule has 0 bridgehead atoms. The SMILES string of the molecule is CN=C(N)NCCCCC(O)NC(CC(C)C)C(O)NCCCCNC(N)NC. The highest BCUT2D eigenvalue weighted by Gasteiger charge is 2.22. The third-order valence-corrected chi connectivity index (χ3v) is 4.60. The van der Waals surface area contributed by atoms with Gasteiger partial charge in [0.15, 0.2) is 5.96 Å². The zero-order valence-corrected chi connectivity index (χ0v) is 18.7. The van der Waals surface area contributed by atoms with Crippen LogP contribution in [0.5, 0.6) is 0 Å². The Balaban J connectivity index is 4.11. The standard InChI is InChI=1S/C19H46N8O2/c1-14(2)13-15(17(29)24-10-7-8-12-26-19(21)23-4)27-16(28)9-5-6-11-25-18(20)22-3/h14-17,19,23-24,26-29H,5-13,21H2,1-4H3,(H3,20,22,25). The second-order valence-electron chi connectivity index (χ2n) is 7.78. The van der Waals surface area contributed by atoms with Crippen molar-refractivity contribution in [3.05, 3.63) is 0 Å². The predicted molar refractivity (Wildman–Crippen MR) is 120 cm³/mol. The van der Waals surface area contributed by atoms with Crippen LogP contribution in [0.4, 0.5) is 0 Å². The summed E-state index contributed by atoms with van der Waals surface area (Å²) in [4.78, 5) is 3.83. The topological polar surface area (TPSA) is 165 Å². The van der Waals surface area contributed by atoms with Gasteiger partial charge in [-0.15, -0.1) is 0 Å². The Morgan fingerprint density at radius 1 is 1.00 bits per heavy atom. The summed E-state index contributed by atoms with van der Waals surface area (Å²) in [5.74, 6) is 0.833. The molecule has 0 aliphatic rings. The molecule has 0 aromatic carbocycles. The maximum absolute atomic E-state index is 10.5. The van der Waals surface area contributed by atoms with E-state index >= 15 is 0 Å². The van der Waals surface area contributed by atoms with Crippen LogP contribution in [0.2, 0.25) is 0 Å². The van der Waals surface area contributed by atoms with E-state index in [0.717, 1.165) is 45.2 Å². The Morgan fingerprint density at radius 3 is 2.21 bits per heavy atom. The summed E-state index contributed by atoms with van der Waals surface area (Å²) in [7, 11) is 3.44. The van der Waals surface area contributed by atoms with E-state index in [4.69, 9.17) is 11.5 Å². The van der Waals surface area contributed by atoms with Gasteiger partial charge >= 0.3 is 0 Å². The first-order valence-electron chi connectivity index (χ1n) is 10.8. The predicted octanol–water partition coefficient (Wildman–Crippen LogP) is -1.25. The number of hydrogen-bond donors (Lipinski definition) is 9. The highest BCUT2D eigenvalue weighted by atomic mass is 16.3. The number of aliphatic imine (C=N–C) groups is 1. The van der Waals surface area contributed by atoms with Crippen molar-refractivity contribution in [1.82, 2.24) is 26.6 Å². The third-order valence-electron chi connectivity index (χ3n) is 4.60. The molecule has 174 valence electrons. The second kappa shape index (κ2) is 17.8. The minimum atomic E-state index is -0.707. The van der Waals surface area contributed by atoms with Crippen LogP contribution in [0.1, 0.15) is 52.4 Å². The van der Waals surface area contributed by atoms with E-state index in [-0.39, 0.29) is 12.3 Å². The van der Waals surface area contributed by atoms with Crippen LogP contribution in [-0.2, 0) is 0 Å². The molecule has 0 radical (unpaired) electrons. The number of nitrogens with zero attached hydrogens (tertiary/aromatic N) is 1. The van der Waals surface area contributed by atoms with E-state index in [2.05, 4.69) is 45.4 Å². The number of hydrogen-bond acceptors (Lipinski definition) is 8. The van der Waals surface area contributed by atoms with Crippen molar-refractivity contribution in [2.75, 3.05) is 33.7 Å². The minimum absolute atomic E-state index is 0.192. The van der Waals surface area contributed by atoms with E-state index < -0.39 is 12.5 Å². The molecule has 0 amide bonds. The van der Waals surface area contributed by atoms with Gasteiger partial charge in [0, 0.05) is 19.6 Å². The number of aliphatic hydroxyl groups excluding tert-OH is 2. The fourth-order valence-electron chi connectivity index (χ4n) is 2.89. The summed E-state index contributed by atoms with van der Waals surface area (Å²) in [6, 6.07) is -0.207. The average molecular weight is 419 g/mol. The molecular formula is C19H46N8O2. The molecule has 4 atom stereocenters. The molecule has 0 fully saturated rings. The first-order valence-corrected chi connectivity index (χ1v) is 10.8. The van der Waals surface area contributed by atoms with Gasteiger partial charge in [-0.3, -0.25) is 26.3 Å². The number of rotatable bonds is 18. The maximum Gasteiger partial charge on any atom is 0.188 e. The Morgan fingerprint density at radius 2 is 1.62 bits per heavy atom. The molecule has 0 saturated carbocycles. The zero-order chi connectivity index (χ0) is 22.1. The summed E-state index contributed by atoms with van der Waals surface area (Å²) >= 11 is 0. The van der Waals surface area contributed by atoms with Gasteiger partial charge < -0.3 is 27.0 Å². The number of nitrogens with one attached hydrogen (secondary N) is 5. The van der Waals surface area contributed by atoms with Gasteiger partial charge in [0.05, 0.1) is 0 Å². The molecule has 0 heterocycles. The van der Waals surface area contributed by atoms with Crippen molar-refractivity contribution >= 4 is 5.96 Å². The van der Waals surface area contributed by atoms with Gasteiger partial charge in [-0.05, 0) is 64.6 Å². The Bertz CT molecular complexity index is 412. The molecule has 0 rings (SSSR count). The Labute approximate surface area is 176 Å². The lowest BCUT2D eigenvalue weighted by atomic mass is 10.0. The Hall–Kier alpha value is -1.01. The smallest absolute Gasteiger partial charge is 0.188 e. The highest BCUT2D eigenvalue weighted by Crippen LogP contribution is 2.10. The van der Waals surface area contributed by atoms with Gasteiger partial charge in [0.25, 0.3) is 0 Å². The van der Waals surface area contributed by atoms with Crippen molar-refractivity contribution < 1.29 is 10.2 Å². The molecule has 11 N–H and O–H groups in total. The van der Waals surface area contributed by atoms with Crippen molar-refractivity contribution in [2.45, 2.75) is 77.2 Å². The summed E-state index contributed by atoms with van der Waals surface area (Å²) in [6.07, 6.45) is 3.45. The zero-order valence-electron chi connectivity index (χ0n) is 18.7. The third kappa shape index (κ3) is 16.5. The van der Waals surface area contributed by atoms with E-state index in [1.54, 1.807) is 14.1 Å². The summed E-state index contributed by atoms with van der Waals surface area (Å²) in [5, 5.41) is 36.2. The molecule has 0 aromatic rings. The fraction of sp³-hybridized carbons (Fsp3) is 0.947. The van der Waals surface area contributed by atoms with E-state index in [0.29, 0.717) is 24.8 Å². The average Bonchev–Trinajstić information content (AvgIpc) is 2.68. The summed E-state index contributed by atoms with van der Waals surface area (Å²) < 4.78 is 0. The Kier molecular flexibility index (Phi) is 17.2. The lowest BCUT2D eigenvalue weighted by Crippen LogP contribution is -2.52. The number of unbranched alkanes of at least 4 members (excludes halogenated alkanes) is 2. The van der Waals surface area contributed by atoms with Crippen molar-refractivity contribution in [1.29, 1.82) is 0 Å². The van der Waals surface area contributed by atoms with Crippen LogP contribution in [0.3, 0.4) is 0 Å². The first-order chi connectivity index (χ1) is 13.8. The van der Waals surface area contributed by atoms with Crippen LogP contribution in [-0.4, -0.2) is 74.7 Å². The number of aliphatic hydroxyl groups is 2. The van der Waals surface area contributed by atoms with Gasteiger partial charge in [-0.1, -0.05) is 13.8 Å². The lowest BCUT2D eigenvalue weighted by molar-refractivity contribution is 0.0359. The molecular weight excluding hydrogens is 372 g/mol. The maximum atomic E-state index is 10.5. The van der Waals surface area contributed by atoms with Crippen LogP contribution >= 0.6 is 0 Å². The van der Waals surface area contributed by atoms with Crippen molar-refractivity contribution in [2.24, 2.45) is 22.4 Å². The normalized spacial score (nSPS) is 16.6. The van der Waals surface area contributed by atoms with Crippen LogP contribution < -0.4 is 38.1 Å². The van der Waals surface area contributed by atoms with Gasteiger partial charge in [-0.2, -0.15) is 0 Å².